The number of amides is 4. The Labute approximate surface area is 178 Å². The Morgan fingerprint density at radius 1 is 1.14 bits per heavy atom. The molecule has 2 N–H and O–H groups in total. The average molecular weight is 459 g/mol. The fourth-order valence-corrected chi connectivity index (χ4v) is 3.67. The molecular formula is C21H23BrN4O3. The van der Waals surface area contributed by atoms with Crippen LogP contribution >= 0.6 is 15.9 Å². The van der Waals surface area contributed by atoms with E-state index in [4.69, 9.17) is 0 Å². The molecule has 0 radical (unpaired) electrons. The van der Waals surface area contributed by atoms with Gasteiger partial charge in [-0.3, -0.25) is 19.9 Å². The average Bonchev–Trinajstić information content (AvgIpc) is 2.95. The minimum Gasteiger partial charge on any atom is -0.318 e. The summed E-state index contributed by atoms with van der Waals surface area (Å²) in [5.41, 5.74) is 3.01. The van der Waals surface area contributed by atoms with E-state index >= 15 is 0 Å². The van der Waals surface area contributed by atoms with Gasteiger partial charge in [-0.05, 0) is 36.7 Å². The van der Waals surface area contributed by atoms with E-state index in [2.05, 4.69) is 26.7 Å². The van der Waals surface area contributed by atoms with Crippen LogP contribution in [0.4, 0.5) is 4.79 Å². The first-order chi connectivity index (χ1) is 13.9. The summed E-state index contributed by atoms with van der Waals surface area (Å²) >= 11 is 3.39. The molecule has 2 aromatic rings. The van der Waals surface area contributed by atoms with E-state index in [-0.39, 0.29) is 6.54 Å². The van der Waals surface area contributed by atoms with Crippen LogP contribution in [0, 0.1) is 0 Å². The van der Waals surface area contributed by atoms with Gasteiger partial charge < -0.3 is 5.32 Å². The third-order valence-electron chi connectivity index (χ3n) is 4.90. The molecule has 1 saturated heterocycles. The third kappa shape index (κ3) is 4.49. The van der Waals surface area contributed by atoms with Crippen molar-refractivity contribution in [1.29, 1.82) is 0 Å². The van der Waals surface area contributed by atoms with E-state index in [1.807, 2.05) is 49.4 Å². The number of carbonyl (C=O) groups excluding carboxylic acids is 3. The second-order valence-electron chi connectivity index (χ2n) is 7.03. The molecule has 3 rings (SSSR count). The topological polar surface area (TPSA) is 81.8 Å². The monoisotopic (exact) mass is 458 g/mol. The number of nitrogens with zero attached hydrogens (tertiary/aromatic N) is 2. The van der Waals surface area contributed by atoms with Crippen LogP contribution in [0.15, 0.2) is 59.1 Å². The van der Waals surface area contributed by atoms with Gasteiger partial charge in [-0.1, -0.05) is 65.3 Å². The van der Waals surface area contributed by atoms with Gasteiger partial charge in [0.15, 0.2) is 0 Å². The molecular weight excluding hydrogens is 436 g/mol. The van der Waals surface area contributed by atoms with Gasteiger partial charge >= 0.3 is 6.03 Å². The van der Waals surface area contributed by atoms with Crippen molar-refractivity contribution in [3.05, 3.63) is 70.2 Å². The first-order valence-electron chi connectivity index (χ1n) is 9.30. The first kappa shape index (κ1) is 21.0. The lowest BCUT2D eigenvalue weighted by Crippen LogP contribution is -2.50. The van der Waals surface area contributed by atoms with Crippen LogP contribution in [-0.2, 0) is 21.7 Å². The molecule has 0 bridgehead atoms. The number of carbonyl (C=O) groups is 3. The van der Waals surface area contributed by atoms with Crippen molar-refractivity contribution < 1.29 is 14.4 Å². The van der Waals surface area contributed by atoms with E-state index < -0.39 is 23.4 Å². The lowest BCUT2D eigenvalue weighted by molar-refractivity contribution is -0.139. The van der Waals surface area contributed by atoms with E-state index in [0.29, 0.717) is 18.5 Å². The highest BCUT2D eigenvalue weighted by Gasteiger charge is 2.52. The number of nitrogens with one attached hydrogen (secondary N) is 2. The van der Waals surface area contributed by atoms with Gasteiger partial charge in [0.1, 0.15) is 5.54 Å². The number of urea groups is 1. The normalized spacial score (nSPS) is 18.8. The first-order valence-corrected chi connectivity index (χ1v) is 10.1. The second-order valence-corrected chi connectivity index (χ2v) is 7.95. The molecule has 0 spiro atoms. The summed E-state index contributed by atoms with van der Waals surface area (Å²) in [4.78, 5) is 39.7. The summed E-state index contributed by atoms with van der Waals surface area (Å²) in [6.07, 6.45) is 0.372. The van der Waals surface area contributed by atoms with Gasteiger partial charge in [-0.15, -0.1) is 0 Å². The summed E-state index contributed by atoms with van der Waals surface area (Å²) in [7, 11) is 1.80. The summed E-state index contributed by atoms with van der Waals surface area (Å²) in [5.74, 6) is -0.923. The number of rotatable bonds is 7. The van der Waals surface area contributed by atoms with Crippen molar-refractivity contribution in [2.75, 3.05) is 13.6 Å². The number of hydrogen-bond acceptors (Lipinski definition) is 4. The van der Waals surface area contributed by atoms with Gasteiger partial charge in [0.25, 0.3) is 11.8 Å². The quantitative estimate of drug-likeness (QED) is 0.624. The van der Waals surface area contributed by atoms with Gasteiger partial charge in [0.05, 0.1) is 6.54 Å². The molecule has 1 aliphatic rings. The smallest absolute Gasteiger partial charge is 0.318 e. The summed E-state index contributed by atoms with van der Waals surface area (Å²) in [6.45, 7) is 2.42. The van der Waals surface area contributed by atoms with Crippen LogP contribution in [0.3, 0.4) is 0 Å². The van der Waals surface area contributed by atoms with Gasteiger partial charge in [0.2, 0.25) is 0 Å². The number of likely N-dealkylation sites (N-methyl/N-ethyl adjacent to an activating group) is 1. The standard InChI is InChI=1S/C21H23BrN4O3/c1-3-21(16-7-5-4-6-8-16)19(28)26(20(29)23-21)24-18(27)14-25(2)13-15-9-11-17(22)12-10-15/h4-12H,3,13-14H2,1-2H3,(H,23,29)(H,24,27). The molecule has 1 fully saturated rings. The molecule has 2 aromatic carbocycles. The van der Waals surface area contributed by atoms with Crippen LogP contribution in [-0.4, -0.2) is 41.3 Å². The molecule has 0 aromatic heterocycles. The summed E-state index contributed by atoms with van der Waals surface area (Å²) in [6, 6.07) is 16.2. The van der Waals surface area contributed by atoms with Crippen molar-refractivity contribution in [2.24, 2.45) is 0 Å². The number of imide groups is 1. The maximum absolute atomic E-state index is 13.0. The van der Waals surface area contributed by atoms with Crippen LogP contribution in [0.5, 0.6) is 0 Å². The zero-order valence-electron chi connectivity index (χ0n) is 16.3. The van der Waals surface area contributed by atoms with Crippen molar-refractivity contribution in [3.8, 4) is 0 Å². The maximum atomic E-state index is 13.0. The zero-order chi connectivity index (χ0) is 21.0. The Balaban J connectivity index is 1.65. The van der Waals surface area contributed by atoms with Gasteiger partial charge in [-0.2, -0.15) is 5.01 Å². The van der Waals surface area contributed by atoms with Crippen molar-refractivity contribution >= 4 is 33.8 Å². The Bertz CT molecular complexity index is 904. The fraction of sp³-hybridized carbons (Fsp3) is 0.286. The van der Waals surface area contributed by atoms with Crippen LogP contribution < -0.4 is 10.7 Å². The minimum absolute atomic E-state index is 0.0393. The highest BCUT2D eigenvalue weighted by atomic mass is 79.9. The third-order valence-corrected chi connectivity index (χ3v) is 5.43. The number of benzene rings is 2. The Kier molecular flexibility index (Phi) is 6.34. The lowest BCUT2D eigenvalue weighted by Gasteiger charge is -2.25. The summed E-state index contributed by atoms with van der Waals surface area (Å²) < 4.78 is 0.984. The number of hydrogen-bond donors (Lipinski definition) is 2. The van der Waals surface area contributed by atoms with Gasteiger partial charge in [0, 0.05) is 11.0 Å². The minimum atomic E-state index is -1.17. The molecule has 1 unspecified atom stereocenters. The Morgan fingerprint density at radius 2 is 1.79 bits per heavy atom. The molecule has 152 valence electrons. The van der Waals surface area contributed by atoms with Crippen LogP contribution in [0.25, 0.3) is 0 Å². The van der Waals surface area contributed by atoms with Gasteiger partial charge in [-0.25, -0.2) is 4.79 Å². The van der Waals surface area contributed by atoms with Crippen molar-refractivity contribution in [2.45, 2.75) is 25.4 Å². The molecule has 7 nitrogen and oxygen atoms in total. The fourth-order valence-electron chi connectivity index (χ4n) is 3.40. The molecule has 29 heavy (non-hydrogen) atoms. The van der Waals surface area contributed by atoms with Crippen molar-refractivity contribution in [1.82, 2.24) is 20.7 Å². The zero-order valence-corrected chi connectivity index (χ0v) is 17.9. The molecule has 8 heteroatoms. The Morgan fingerprint density at radius 3 is 2.41 bits per heavy atom. The Hall–Kier alpha value is -2.71. The van der Waals surface area contributed by atoms with E-state index in [0.717, 1.165) is 15.0 Å². The molecule has 1 heterocycles. The maximum Gasteiger partial charge on any atom is 0.344 e. The number of halogens is 1. The van der Waals surface area contributed by atoms with E-state index in [1.54, 1.807) is 24.1 Å². The lowest BCUT2D eigenvalue weighted by atomic mass is 9.87. The highest BCUT2D eigenvalue weighted by Crippen LogP contribution is 2.31. The van der Waals surface area contributed by atoms with Crippen LogP contribution in [0.1, 0.15) is 24.5 Å². The second kappa shape index (κ2) is 8.75. The predicted molar refractivity (Wildman–Crippen MR) is 112 cm³/mol. The molecule has 1 atom stereocenters. The van der Waals surface area contributed by atoms with E-state index in [1.165, 1.54) is 0 Å². The predicted octanol–water partition coefficient (Wildman–Crippen LogP) is 2.77. The van der Waals surface area contributed by atoms with E-state index in [9.17, 15) is 14.4 Å². The van der Waals surface area contributed by atoms with Crippen LogP contribution in [0.2, 0.25) is 0 Å². The largest absolute Gasteiger partial charge is 0.344 e. The molecule has 0 saturated carbocycles. The SMILES string of the molecule is CCC1(c2ccccc2)NC(=O)N(NC(=O)CN(C)Cc2ccc(Br)cc2)C1=O. The number of hydrazine groups is 1. The highest BCUT2D eigenvalue weighted by molar-refractivity contribution is 9.10. The molecule has 4 amide bonds. The van der Waals surface area contributed by atoms with Crippen molar-refractivity contribution in [3.63, 3.8) is 0 Å². The molecule has 0 aliphatic carbocycles. The molecule has 1 aliphatic heterocycles. The summed E-state index contributed by atoms with van der Waals surface area (Å²) in [5, 5.41) is 3.53.